The minimum absolute atomic E-state index is 0.375. The average Bonchev–Trinajstić information content (AvgIpc) is 3.37. The maximum absolute atomic E-state index is 6.15. The zero-order chi connectivity index (χ0) is 20.7. The number of anilines is 1. The fourth-order valence-corrected chi connectivity index (χ4v) is 3.70. The van der Waals surface area contributed by atoms with Gasteiger partial charge in [0.1, 0.15) is 17.8 Å². The van der Waals surface area contributed by atoms with Gasteiger partial charge in [0.15, 0.2) is 5.65 Å². The molecule has 0 atom stereocenters. The second kappa shape index (κ2) is 7.11. The first-order valence-corrected chi connectivity index (χ1v) is 9.64. The monoisotopic (exact) mass is 400 g/mol. The molecule has 150 valence electrons. The molecule has 9 nitrogen and oxygen atoms in total. The number of nitrogen functional groups attached to an aromatic ring is 1. The van der Waals surface area contributed by atoms with Gasteiger partial charge in [-0.1, -0.05) is 18.2 Å². The first-order valence-electron chi connectivity index (χ1n) is 9.64. The number of aromatic nitrogens is 7. The lowest BCUT2D eigenvalue weighted by molar-refractivity contribution is 0.330. The highest BCUT2D eigenvalue weighted by Gasteiger charge is 2.19. The van der Waals surface area contributed by atoms with Crippen LogP contribution in [0.15, 0.2) is 43.0 Å². The Morgan fingerprint density at radius 1 is 1.20 bits per heavy atom. The van der Waals surface area contributed by atoms with Crippen molar-refractivity contribution >= 4 is 27.6 Å². The standard InChI is InChI=1S/C21H20N8O/c1-3-30-21-16-12(2)5-4-6-13(16)7-15(27-21)10-29-20-17(19(22)23-11-24-20)18(28-29)14-8-25-26-9-14/h4-9,11H,3,10H2,1-2H3,(H,25,26)(H2,22,23,24). The summed E-state index contributed by atoms with van der Waals surface area (Å²) in [6.45, 7) is 4.97. The number of benzene rings is 1. The summed E-state index contributed by atoms with van der Waals surface area (Å²) in [5, 5.41) is 14.4. The summed E-state index contributed by atoms with van der Waals surface area (Å²) >= 11 is 0. The van der Waals surface area contributed by atoms with Gasteiger partial charge < -0.3 is 10.5 Å². The van der Waals surface area contributed by atoms with E-state index in [-0.39, 0.29) is 0 Å². The van der Waals surface area contributed by atoms with Gasteiger partial charge in [-0.25, -0.2) is 19.6 Å². The van der Waals surface area contributed by atoms with Crippen LogP contribution in [0.5, 0.6) is 5.88 Å². The van der Waals surface area contributed by atoms with Crippen molar-refractivity contribution in [3.8, 4) is 17.1 Å². The number of ether oxygens (including phenoxy) is 1. The lowest BCUT2D eigenvalue weighted by Crippen LogP contribution is -2.07. The summed E-state index contributed by atoms with van der Waals surface area (Å²) in [6, 6.07) is 8.21. The van der Waals surface area contributed by atoms with E-state index in [1.807, 2.05) is 13.0 Å². The van der Waals surface area contributed by atoms with Crippen LogP contribution in [0.1, 0.15) is 18.2 Å². The smallest absolute Gasteiger partial charge is 0.221 e. The number of pyridine rings is 1. The number of fused-ring (bicyclic) bond motifs is 2. The van der Waals surface area contributed by atoms with E-state index in [0.717, 1.165) is 27.6 Å². The number of nitrogens with one attached hydrogen (secondary N) is 1. The fourth-order valence-electron chi connectivity index (χ4n) is 3.70. The Labute approximate surface area is 171 Å². The second-order valence-electron chi connectivity index (χ2n) is 6.98. The molecule has 4 aromatic heterocycles. The fraction of sp³-hybridized carbons (Fsp3) is 0.190. The maximum Gasteiger partial charge on any atom is 0.221 e. The second-order valence-corrected chi connectivity index (χ2v) is 6.98. The van der Waals surface area contributed by atoms with Gasteiger partial charge in [-0.05, 0) is 30.9 Å². The van der Waals surface area contributed by atoms with E-state index in [0.29, 0.717) is 41.6 Å². The van der Waals surface area contributed by atoms with Crippen LogP contribution in [0, 0.1) is 6.92 Å². The van der Waals surface area contributed by atoms with Crippen molar-refractivity contribution in [3.05, 3.63) is 54.2 Å². The zero-order valence-corrected chi connectivity index (χ0v) is 16.6. The predicted octanol–water partition coefficient (Wildman–Crippen LogP) is 3.10. The molecule has 0 aliphatic carbocycles. The highest BCUT2D eigenvalue weighted by molar-refractivity contribution is 5.98. The molecule has 0 saturated carbocycles. The number of aryl methyl sites for hydroxylation is 1. The molecule has 0 aliphatic heterocycles. The number of rotatable bonds is 5. The normalized spacial score (nSPS) is 11.4. The van der Waals surface area contributed by atoms with E-state index < -0.39 is 0 Å². The summed E-state index contributed by atoms with van der Waals surface area (Å²) in [5.74, 6) is 1.00. The Morgan fingerprint density at radius 2 is 2.10 bits per heavy atom. The summed E-state index contributed by atoms with van der Waals surface area (Å²) in [7, 11) is 0. The molecule has 0 unspecified atom stereocenters. The molecule has 0 fully saturated rings. The molecule has 0 amide bonds. The van der Waals surface area contributed by atoms with Crippen molar-refractivity contribution < 1.29 is 4.74 Å². The highest BCUT2D eigenvalue weighted by atomic mass is 16.5. The third-order valence-corrected chi connectivity index (χ3v) is 5.01. The molecule has 3 N–H and O–H groups in total. The van der Waals surface area contributed by atoms with E-state index in [4.69, 9.17) is 20.6 Å². The SMILES string of the molecule is CCOc1nc(Cn2nc(-c3cn[nH]c3)c3c(N)ncnc32)cc2cccc(C)c12. The Balaban J connectivity index is 1.66. The quantitative estimate of drug-likeness (QED) is 0.465. The summed E-state index contributed by atoms with van der Waals surface area (Å²) < 4.78 is 7.64. The third-order valence-electron chi connectivity index (χ3n) is 5.01. The number of hydrogen-bond donors (Lipinski definition) is 2. The summed E-state index contributed by atoms with van der Waals surface area (Å²) in [5.41, 5.74) is 10.2. The topological polar surface area (TPSA) is 120 Å². The highest BCUT2D eigenvalue weighted by Crippen LogP contribution is 2.31. The number of H-pyrrole nitrogens is 1. The first kappa shape index (κ1) is 18.0. The van der Waals surface area contributed by atoms with Crippen LogP contribution in [0.2, 0.25) is 0 Å². The molecule has 0 saturated heterocycles. The lowest BCUT2D eigenvalue weighted by Gasteiger charge is -2.12. The van der Waals surface area contributed by atoms with Gasteiger partial charge in [-0.3, -0.25) is 5.10 Å². The Hall–Kier alpha value is -4.01. The van der Waals surface area contributed by atoms with Crippen LogP contribution in [-0.2, 0) is 6.54 Å². The van der Waals surface area contributed by atoms with Gasteiger partial charge in [0.2, 0.25) is 5.88 Å². The maximum atomic E-state index is 6.15. The van der Waals surface area contributed by atoms with E-state index in [9.17, 15) is 0 Å². The summed E-state index contributed by atoms with van der Waals surface area (Å²) in [4.78, 5) is 13.3. The van der Waals surface area contributed by atoms with Gasteiger partial charge in [0.05, 0.1) is 30.4 Å². The minimum atomic E-state index is 0.375. The van der Waals surface area contributed by atoms with E-state index in [1.165, 1.54) is 6.33 Å². The zero-order valence-electron chi connectivity index (χ0n) is 16.6. The number of hydrogen-bond acceptors (Lipinski definition) is 7. The molecule has 4 heterocycles. The van der Waals surface area contributed by atoms with Crippen molar-refractivity contribution in [2.75, 3.05) is 12.3 Å². The third kappa shape index (κ3) is 2.91. The molecular formula is C21H20N8O. The molecule has 9 heteroatoms. The largest absolute Gasteiger partial charge is 0.478 e. The van der Waals surface area contributed by atoms with Gasteiger partial charge in [-0.2, -0.15) is 10.2 Å². The van der Waals surface area contributed by atoms with Crippen LogP contribution < -0.4 is 10.5 Å². The Bertz CT molecular complexity index is 1360. The number of nitrogens with two attached hydrogens (primary N) is 1. The minimum Gasteiger partial charge on any atom is -0.478 e. The van der Waals surface area contributed by atoms with Crippen molar-refractivity contribution in [2.45, 2.75) is 20.4 Å². The Morgan fingerprint density at radius 3 is 2.90 bits per heavy atom. The molecular weight excluding hydrogens is 380 g/mol. The predicted molar refractivity (Wildman–Crippen MR) is 114 cm³/mol. The van der Waals surface area contributed by atoms with Crippen molar-refractivity contribution in [3.63, 3.8) is 0 Å². The summed E-state index contributed by atoms with van der Waals surface area (Å²) in [6.07, 6.45) is 4.91. The Kier molecular flexibility index (Phi) is 4.27. The van der Waals surface area contributed by atoms with Crippen LogP contribution in [0.25, 0.3) is 33.1 Å². The van der Waals surface area contributed by atoms with Crippen molar-refractivity contribution in [2.24, 2.45) is 0 Å². The van der Waals surface area contributed by atoms with Gasteiger partial charge in [-0.15, -0.1) is 0 Å². The molecule has 0 aliphatic rings. The van der Waals surface area contributed by atoms with Crippen molar-refractivity contribution in [1.82, 2.24) is 34.9 Å². The molecule has 5 aromatic rings. The molecule has 0 radical (unpaired) electrons. The van der Waals surface area contributed by atoms with Gasteiger partial charge in [0.25, 0.3) is 0 Å². The van der Waals surface area contributed by atoms with Gasteiger partial charge in [0, 0.05) is 17.1 Å². The lowest BCUT2D eigenvalue weighted by atomic mass is 10.1. The van der Waals surface area contributed by atoms with E-state index in [1.54, 1.807) is 17.1 Å². The van der Waals surface area contributed by atoms with Crippen LogP contribution in [0.3, 0.4) is 0 Å². The van der Waals surface area contributed by atoms with Crippen LogP contribution >= 0.6 is 0 Å². The van der Waals surface area contributed by atoms with Crippen molar-refractivity contribution in [1.29, 1.82) is 0 Å². The molecule has 5 rings (SSSR count). The number of aromatic amines is 1. The van der Waals surface area contributed by atoms with Crippen LogP contribution in [0.4, 0.5) is 5.82 Å². The van der Waals surface area contributed by atoms with E-state index >= 15 is 0 Å². The first-order chi connectivity index (χ1) is 14.7. The number of nitrogens with zero attached hydrogens (tertiary/aromatic N) is 6. The molecule has 30 heavy (non-hydrogen) atoms. The van der Waals surface area contributed by atoms with Gasteiger partial charge >= 0.3 is 0 Å². The molecule has 1 aromatic carbocycles. The average molecular weight is 400 g/mol. The molecule has 0 bridgehead atoms. The van der Waals surface area contributed by atoms with Crippen LogP contribution in [-0.4, -0.2) is 41.5 Å². The molecule has 0 spiro atoms. The van der Waals surface area contributed by atoms with E-state index in [2.05, 4.69) is 45.3 Å².